The van der Waals surface area contributed by atoms with Crippen molar-refractivity contribution in [1.29, 1.82) is 0 Å². The van der Waals surface area contributed by atoms with Crippen molar-refractivity contribution in [3.05, 3.63) is 17.8 Å². The van der Waals surface area contributed by atoms with E-state index in [2.05, 4.69) is 36.0 Å². The highest BCUT2D eigenvalue weighted by atomic mass is 16.4. The number of nitrogens with one attached hydrogen (secondary N) is 1. The van der Waals surface area contributed by atoms with Crippen molar-refractivity contribution in [2.45, 2.75) is 58.7 Å². The van der Waals surface area contributed by atoms with Crippen LogP contribution in [0.3, 0.4) is 0 Å². The molecule has 0 saturated carbocycles. The van der Waals surface area contributed by atoms with Gasteiger partial charge >= 0.3 is 0 Å². The zero-order chi connectivity index (χ0) is 13.1. The fraction of sp³-hybridized carbons (Fsp3) is 0.786. The first-order chi connectivity index (χ1) is 8.56. The monoisotopic (exact) mass is 251 g/mol. The molecular formula is C14H25N3O. The molecule has 4 heteroatoms. The highest BCUT2D eigenvalue weighted by Crippen LogP contribution is 2.18. The van der Waals surface area contributed by atoms with E-state index in [-0.39, 0.29) is 6.04 Å². The number of hydrogen-bond acceptors (Lipinski definition) is 4. The van der Waals surface area contributed by atoms with E-state index in [0.717, 1.165) is 11.7 Å². The van der Waals surface area contributed by atoms with Gasteiger partial charge in [0.15, 0.2) is 0 Å². The van der Waals surface area contributed by atoms with Gasteiger partial charge in [0.1, 0.15) is 5.76 Å². The van der Waals surface area contributed by atoms with E-state index < -0.39 is 0 Å². The van der Waals surface area contributed by atoms with E-state index >= 15 is 0 Å². The van der Waals surface area contributed by atoms with E-state index in [9.17, 15) is 0 Å². The van der Waals surface area contributed by atoms with Crippen LogP contribution in [0.4, 0.5) is 0 Å². The molecule has 1 aromatic rings. The van der Waals surface area contributed by atoms with Crippen LogP contribution in [0.1, 0.15) is 51.3 Å². The zero-order valence-corrected chi connectivity index (χ0v) is 11.9. The molecule has 1 atom stereocenters. The van der Waals surface area contributed by atoms with Gasteiger partial charge in [-0.15, -0.1) is 0 Å². The zero-order valence-electron chi connectivity index (χ0n) is 11.9. The molecule has 1 fully saturated rings. The maximum Gasteiger partial charge on any atom is 0.211 e. The molecule has 0 aliphatic carbocycles. The lowest BCUT2D eigenvalue weighted by Crippen LogP contribution is -2.45. The van der Waals surface area contributed by atoms with Crippen molar-refractivity contribution in [3.8, 4) is 0 Å². The molecule has 0 bridgehead atoms. The van der Waals surface area contributed by atoms with Gasteiger partial charge in [0, 0.05) is 12.1 Å². The number of hydrogen-bond donors (Lipinski definition) is 1. The first-order valence-electron chi connectivity index (χ1n) is 6.98. The van der Waals surface area contributed by atoms with Crippen LogP contribution in [0.15, 0.2) is 10.6 Å². The van der Waals surface area contributed by atoms with Gasteiger partial charge in [-0.25, -0.2) is 4.98 Å². The summed E-state index contributed by atoms with van der Waals surface area (Å²) in [7, 11) is 0. The summed E-state index contributed by atoms with van der Waals surface area (Å²) in [4.78, 5) is 6.82. The molecule has 4 nitrogen and oxygen atoms in total. The van der Waals surface area contributed by atoms with Gasteiger partial charge in [-0.1, -0.05) is 0 Å². The summed E-state index contributed by atoms with van der Waals surface area (Å²) >= 11 is 0. The summed E-state index contributed by atoms with van der Waals surface area (Å²) < 4.78 is 5.56. The normalized spacial score (nSPS) is 20.5. The molecule has 1 aliphatic rings. The third kappa shape index (κ3) is 3.33. The van der Waals surface area contributed by atoms with Crippen molar-refractivity contribution in [2.75, 3.05) is 13.1 Å². The molecule has 1 unspecified atom stereocenters. The van der Waals surface area contributed by atoms with Gasteiger partial charge in [0.05, 0.1) is 12.2 Å². The van der Waals surface area contributed by atoms with E-state index in [1.165, 1.54) is 25.9 Å². The van der Waals surface area contributed by atoms with Gasteiger partial charge in [-0.05, 0) is 53.6 Å². The second kappa shape index (κ2) is 5.85. The number of oxazole rings is 1. The quantitative estimate of drug-likeness (QED) is 0.892. The third-order valence-corrected chi connectivity index (χ3v) is 3.76. The Morgan fingerprint density at radius 3 is 2.50 bits per heavy atom. The van der Waals surface area contributed by atoms with E-state index in [1.807, 2.05) is 6.92 Å². The van der Waals surface area contributed by atoms with Crippen molar-refractivity contribution in [2.24, 2.45) is 0 Å². The second-order valence-electron chi connectivity index (χ2n) is 5.60. The highest BCUT2D eigenvalue weighted by molar-refractivity contribution is 4.96. The predicted molar refractivity (Wildman–Crippen MR) is 72.5 cm³/mol. The molecule has 0 amide bonds. The van der Waals surface area contributed by atoms with Gasteiger partial charge < -0.3 is 14.6 Å². The Balaban J connectivity index is 1.81. The molecule has 0 aromatic carbocycles. The van der Waals surface area contributed by atoms with Crippen molar-refractivity contribution < 1.29 is 4.42 Å². The molecule has 102 valence electrons. The predicted octanol–water partition coefficient (Wildman–Crippen LogP) is 2.51. The molecule has 1 aliphatic heterocycles. The largest absolute Gasteiger partial charge is 0.444 e. The molecule has 0 radical (unpaired) electrons. The Hall–Kier alpha value is -0.870. The standard InChI is InChI=1S/C14H25N3O/c1-10(2)17-7-5-13(6-8-17)16-12(4)14-15-9-11(3)18-14/h9-10,12-13,16H,5-8H2,1-4H3. The van der Waals surface area contributed by atoms with Crippen LogP contribution >= 0.6 is 0 Å². The summed E-state index contributed by atoms with van der Waals surface area (Å²) in [6.45, 7) is 11.0. The summed E-state index contributed by atoms with van der Waals surface area (Å²) in [5.41, 5.74) is 0. The van der Waals surface area contributed by atoms with Crippen molar-refractivity contribution >= 4 is 0 Å². The maximum absolute atomic E-state index is 5.56. The fourth-order valence-corrected chi connectivity index (χ4v) is 2.58. The molecular weight excluding hydrogens is 226 g/mol. The Labute approximate surface area is 110 Å². The van der Waals surface area contributed by atoms with Crippen LogP contribution in [-0.2, 0) is 0 Å². The van der Waals surface area contributed by atoms with E-state index in [4.69, 9.17) is 4.42 Å². The van der Waals surface area contributed by atoms with Crippen LogP contribution in [0.25, 0.3) is 0 Å². The van der Waals surface area contributed by atoms with Gasteiger partial charge in [0.2, 0.25) is 5.89 Å². The van der Waals surface area contributed by atoms with Crippen LogP contribution in [0, 0.1) is 6.92 Å². The average Bonchev–Trinajstić information content (AvgIpc) is 2.76. The first-order valence-corrected chi connectivity index (χ1v) is 6.98. The number of likely N-dealkylation sites (tertiary alicyclic amines) is 1. The third-order valence-electron chi connectivity index (χ3n) is 3.76. The van der Waals surface area contributed by atoms with Crippen molar-refractivity contribution in [1.82, 2.24) is 15.2 Å². The fourth-order valence-electron chi connectivity index (χ4n) is 2.58. The van der Waals surface area contributed by atoms with Crippen LogP contribution in [0.5, 0.6) is 0 Å². The molecule has 1 aromatic heterocycles. The Bertz CT molecular complexity index is 367. The number of aromatic nitrogens is 1. The lowest BCUT2D eigenvalue weighted by molar-refractivity contribution is 0.155. The van der Waals surface area contributed by atoms with E-state index in [1.54, 1.807) is 6.20 Å². The van der Waals surface area contributed by atoms with E-state index in [0.29, 0.717) is 12.1 Å². The van der Waals surface area contributed by atoms with Crippen LogP contribution < -0.4 is 5.32 Å². The Morgan fingerprint density at radius 2 is 2.00 bits per heavy atom. The average molecular weight is 251 g/mol. The van der Waals surface area contributed by atoms with Gasteiger partial charge in [-0.2, -0.15) is 0 Å². The molecule has 2 heterocycles. The second-order valence-corrected chi connectivity index (χ2v) is 5.60. The number of piperidine rings is 1. The summed E-state index contributed by atoms with van der Waals surface area (Å²) in [5, 5.41) is 3.62. The minimum atomic E-state index is 0.203. The number of aryl methyl sites for hydroxylation is 1. The number of rotatable bonds is 4. The summed E-state index contributed by atoms with van der Waals surface area (Å²) in [6, 6.07) is 1.45. The van der Waals surface area contributed by atoms with Crippen LogP contribution in [-0.4, -0.2) is 35.1 Å². The molecule has 2 rings (SSSR count). The molecule has 1 saturated heterocycles. The Kier molecular flexibility index (Phi) is 4.40. The first kappa shape index (κ1) is 13.6. The van der Waals surface area contributed by atoms with Gasteiger partial charge in [0.25, 0.3) is 0 Å². The number of nitrogens with zero attached hydrogens (tertiary/aromatic N) is 2. The minimum absolute atomic E-state index is 0.203. The SMILES string of the molecule is Cc1cnc(C(C)NC2CCN(C(C)C)CC2)o1. The lowest BCUT2D eigenvalue weighted by atomic mass is 10.0. The highest BCUT2D eigenvalue weighted by Gasteiger charge is 2.23. The van der Waals surface area contributed by atoms with Crippen molar-refractivity contribution in [3.63, 3.8) is 0 Å². The Morgan fingerprint density at radius 1 is 1.33 bits per heavy atom. The smallest absolute Gasteiger partial charge is 0.211 e. The topological polar surface area (TPSA) is 41.3 Å². The maximum atomic E-state index is 5.56. The van der Waals surface area contributed by atoms with Gasteiger partial charge in [-0.3, -0.25) is 0 Å². The molecule has 0 spiro atoms. The molecule has 18 heavy (non-hydrogen) atoms. The summed E-state index contributed by atoms with van der Waals surface area (Å²) in [6.07, 6.45) is 4.21. The minimum Gasteiger partial charge on any atom is -0.444 e. The van der Waals surface area contributed by atoms with Crippen LogP contribution in [0.2, 0.25) is 0 Å². The summed E-state index contributed by atoms with van der Waals surface area (Å²) in [5.74, 6) is 1.69. The molecule has 1 N–H and O–H groups in total. The lowest BCUT2D eigenvalue weighted by Gasteiger charge is -2.35.